The summed E-state index contributed by atoms with van der Waals surface area (Å²) in [5.74, 6) is 0.897. The summed E-state index contributed by atoms with van der Waals surface area (Å²) in [6.45, 7) is 0.194. The van der Waals surface area contributed by atoms with Crippen LogP contribution in [0.3, 0.4) is 0 Å². The van der Waals surface area contributed by atoms with Gasteiger partial charge in [0.2, 0.25) is 0 Å². The third kappa shape index (κ3) is 6.06. The first-order chi connectivity index (χ1) is 14.8. The van der Waals surface area contributed by atoms with E-state index in [0.29, 0.717) is 27.1 Å². The predicted molar refractivity (Wildman–Crippen MR) is 116 cm³/mol. The van der Waals surface area contributed by atoms with Crippen molar-refractivity contribution in [3.63, 3.8) is 0 Å². The van der Waals surface area contributed by atoms with Crippen LogP contribution in [0.1, 0.15) is 16.7 Å². The second-order valence-corrected chi connectivity index (χ2v) is 7.18. The number of nitrogens with one attached hydrogen (secondary N) is 1. The fraction of sp³-hybridized carbons (Fsp3) is 0.136. The fourth-order valence-corrected chi connectivity index (χ4v) is 3.00. The fourth-order valence-electron chi connectivity index (χ4n) is 2.68. The highest BCUT2D eigenvalue weighted by atomic mass is 35.5. The van der Waals surface area contributed by atoms with Crippen LogP contribution in [0.2, 0.25) is 10.0 Å². The van der Waals surface area contributed by atoms with Crippen LogP contribution >= 0.6 is 23.2 Å². The molecule has 3 rings (SSSR count). The van der Waals surface area contributed by atoms with E-state index in [4.69, 9.17) is 32.7 Å². The van der Waals surface area contributed by atoms with Gasteiger partial charge in [-0.15, -0.1) is 0 Å². The molecule has 0 aliphatic carbocycles. The number of alkyl halides is 3. The Kier molecular flexibility index (Phi) is 7.30. The van der Waals surface area contributed by atoms with Crippen LogP contribution in [0.15, 0.2) is 65.8 Å². The lowest BCUT2D eigenvalue weighted by atomic mass is 10.2. The minimum atomic E-state index is -4.43. The molecule has 0 fully saturated rings. The second kappa shape index (κ2) is 9.94. The Morgan fingerprint density at radius 3 is 2.48 bits per heavy atom. The minimum Gasteiger partial charge on any atom is -0.493 e. The SMILES string of the molecule is COc1cccc(C=NNc2cccc(C(F)(F)F)c2)c1OCc1ccc(Cl)c(Cl)c1. The highest BCUT2D eigenvalue weighted by molar-refractivity contribution is 6.42. The van der Waals surface area contributed by atoms with E-state index in [-0.39, 0.29) is 12.3 Å². The molecule has 31 heavy (non-hydrogen) atoms. The van der Waals surface area contributed by atoms with Gasteiger partial charge in [-0.05, 0) is 48.0 Å². The van der Waals surface area contributed by atoms with Crippen LogP contribution in [0.5, 0.6) is 11.5 Å². The zero-order valence-electron chi connectivity index (χ0n) is 16.2. The van der Waals surface area contributed by atoms with Gasteiger partial charge in [-0.2, -0.15) is 18.3 Å². The maximum Gasteiger partial charge on any atom is 0.416 e. The quantitative estimate of drug-likeness (QED) is 0.298. The summed E-state index contributed by atoms with van der Waals surface area (Å²) in [7, 11) is 1.50. The number of hydrogen-bond donors (Lipinski definition) is 1. The van der Waals surface area contributed by atoms with Crippen molar-refractivity contribution in [2.45, 2.75) is 12.8 Å². The number of hydrazone groups is 1. The average molecular weight is 469 g/mol. The van der Waals surface area contributed by atoms with Crippen molar-refractivity contribution in [1.29, 1.82) is 0 Å². The highest BCUT2D eigenvalue weighted by Gasteiger charge is 2.30. The first-order valence-corrected chi connectivity index (χ1v) is 9.73. The Bertz CT molecular complexity index is 1090. The third-order valence-corrected chi connectivity index (χ3v) is 4.92. The lowest BCUT2D eigenvalue weighted by molar-refractivity contribution is -0.137. The molecule has 1 N–H and O–H groups in total. The number of nitrogens with zero attached hydrogens (tertiary/aromatic N) is 1. The molecule has 0 radical (unpaired) electrons. The molecule has 0 atom stereocenters. The second-order valence-electron chi connectivity index (χ2n) is 6.36. The smallest absolute Gasteiger partial charge is 0.416 e. The zero-order valence-corrected chi connectivity index (χ0v) is 17.7. The van der Waals surface area contributed by atoms with Crippen molar-refractivity contribution in [3.8, 4) is 11.5 Å². The number of ether oxygens (including phenoxy) is 2. The maximum atomic E-state index is 12.9. The maximum absolute atomic E-state index is 12.9. The normalized spacial score (nSPS) is 11.5. The van der Waals surface area contributed by atoms with Gasteiger partial charge in [-0.25, -0.2) is 0 Å². The van der Waals surface area contributed by atoms with Crippen molar-refractivity contribution >= 4 is 35.1 Å². The summed E-state index contributed by atoms with van der Waals surface area (Å²) >= 11 is 12.0. The van der Waals surface area contributed by atoms with Gasteiger partial charge in [0.25, 0.3) is 0 Å². The summed E-state index contributed by atoms with van der Waals surface area (Å²) in [6.07, 6.45) is -2.99. The van der Waals surface area contributed by atoms with Gasteiger partial charge in [-0.1, -0.05) is 41.4 Å². The Labute approximate surface area is 187 Å². The van der Waals surface area contributed by atoms with Crippen molar-refractivity contribution in [1.82, 2.24) is 0 Å². The van der Waals surface area contributed by atoms with E-state index in [1.807, 2.05) is 0 Å². The molecule has 0 saturated carbocycles. The molecule has 0 aliphatic rings. The van der Waals surface area contributed by atoms with E-state index in [1.165, 1.54) is 25.5 Å². The largest absolute Gasteiger partial charge is 0.493 e. The molecular formula is C22H17Cl2F3N2O2. The molecule has 0 heterocycles. The molecule has 3 aromatic carbocycles. The average Bonchev–Trinajstić information content (AvgIpc) is 2.74. The Balaban J connectivity index is 1.77. The molecule has 0 amide bonds. The van der Waals surface area contributed by atoms with E-state index in [1.54, 1.807) is 36.4 Å². The lowest BCUT2D eigenvalue weighted by Crippen LogP contribution is -2.05. The molecule has 0 spiro atoms. The topological polar surface area (TPSA) is 42.8 Å². The molecule has 162 valence electrons. The van der Waals surface area contributed by atoms with Gasteiger partial charge < -0.3 is 9.47 Å². The van der Waals surface area contributed by atoms with E-state index >= 15 is 0 Å². The van der Waals surface area contributed by atoms with Crippen LogP contribution in [-0.4, -0.2) is 13.3 Å². The van der Waals surface area contributed by atoms with E-state index in [0.717, 1.165) is 17.7 Å². The number of rotatable bonds is 7. The molecule has 0 aliphatic heterocycles. The van der Waals surface area contributed by atoms with Crippen LogP contribution in [0.4, 0.5) is 18.9 Å². The monoisotopic (exact) mass is 468 g/mol. The van der Waals surface area contributed by atoms with Crippen molar-refractivity contribution in [2.24, 2.45) is 5.10 Å². The summed E-state index contributed by atoms with van der Waals surface area (Å²) in [5, 5.41) is 4.89. The number of hydrogen-bond acceptors (Lipinski definition) is 4. The van der Waals surface area contributed by atoms with E-state index in [2.05, 4.69) is 10.5 Å². The van der Waals surface area contributed by atoms with Crippen molar-refractivity contribution in [2.75, 3.05) is 12.5 Å². The summed E-state index contributed by atoms with van der Waals surface area (Å²) < 4.78 is 49.8. The molecule has 3 aromatic rings. The van der Waals surface area contributed by atoms with Crippen LogP contribution in [0.25, 0.3) is 0 Å². The summed E-state index contributed by atoms with van der Waals surface area (Å²) in [6, 6.07) is 15.1. The van der Waals surface area contributed by atoms with Gasteiger partial charge >= 0.3 is 6.18 Å². The van der Waals surface area contributed by atoms with Crippen LogP contribution < -0.4 is 14.9 Å². The third-order valence-electron chi connectivity index (χ3n) is 4.18. The van der Waals surface area contributed by atoms with Gasteiger partial charge in [0.05, 0.1) is 34.6 Å². The number of para-hydroxylation sites is 1. The summed E-state index contributed by atoms with van der Waals surface area (Å²) in [4.78, 5) is 0. The molecule has 0 unspecified atom stereocenters. The van der Waals surface area contributed by atoms with Gasteiger partial charge in [0.15, 0.2) is 11.5 Å². The number of methoxy groups -OCH3 is 1. The van der Waals surface area contributed by atoms with Gasteiger partial charge in [-0.3, -0.25) is 5.43 Å². The highest BCUT2D eigenvalue weighted by Crippen LogP contribution is 2.32. The van der Waals surface area contributed by atoms with Gasteiger partial charge in [0, 0.05) is 5.56 Å². The number of benzene rings is 3. The van der Waals surface area contributed by atoms with E-state index < -0.39 is 11.7 Å². The Hall–Kier alpha value is -2.90. The van der Waals surface area contributed by atoms with Crippen molar-refractivity contribution < 1.29 is 22.6 Å². The first-order valence-electron chi connectivity index (χ1n) is 8.98. The Morgan fingerprint density at radius 1 is 1.00 bits per heavy atom. The number of anilines is 1. The van der Waals surface area contributed by atoms with E-state index in [9.17, 15) is 13.2 Å². The molecule has 4 nitrogen and oxygen atoms in total. The lowest BCUT2D eigenvalue weighted by Gasteiger charge is -2.13. The number of halogens is 5. The zero-order chi connectivity index (χ0) is 22.4. The van der Waals surface area contributed by atoms with Crippen molar-refractivity contribution in [3.05, 3.63) is 87.4 Å². The molecular weight excluding hydrogens is 452 g/mol. The van der Waals surface area contributed by atoms with Crippen LogP contribution in [-0.2, 0) is 12.8 Å². The minimum absolute atomic E-state index is 0.194. The summed E-state index contributed by atoms with van der Waals surface area (Å²) in [5.41, 5.74) is 3.40. The molecule has 0 saturated heterocycles. The molecule has 0 bridgehead atoms. The van der Waals surface area contributed by atoms with Gasteiger partial charge in [0.1, 0.15) is 6.61 Å². The molecule has 9 heteroatoms. The first kappa shape index (κ1) is 22.8. The standard InChI is InChI=1S/C22H17Cl2F3N2O2/c1-30-20-7-2-4-15(21(20)31-13-14-8-9-18(23)19(24)10-14)12-28-29-17-6-3-5-16(11-17)22(25,26)27/h2-12,29H,13H2,1H3. The molecule has 0 aromatic heterocycles. The predicted octanol–water partition coefficient (Wildman–Crippen LogP) is 7.05. The van der Waals surface area contributed by atoms with Crippen LogP contribution in [0, 0.1) is 0 Å². The Morgan fingerprint density at radius 2 is 1.77 bits per heavy atom.